The van der Waals surface area contributed by atoms with Crippen LogP contribution in [-0.2, 0) is 14.3 Å². The number of hydrogen-bond donors (Lipinski definition) is 1. The third-order valence-electron chi connectivity index (χ3n) is 3.08. The molecule has 0 aromatic heterocycles. The number of nitrogens with one attached hydrogen (secondary N) is 1. The Morgan fingerprint density at radius 3 is 2.59 bits per heavy atom. The lowest BCUT2D eigenvalue weighted by Crippen LogP contribution is -2.51. The van der Waals surface area contributed by atoms with E-state index in [0.29, 0.717) is 32.8 Å². The van der Waals surface area contributed by atoms with Gasteiger partial charge in [0.1, 0.15) is 0 Å². The van der Waals surface area contributed by atoms with Gasteiger partial charge in [0.25, 0.3) is 0 Å². The van der Waals surface area contributed by atoms with Crippen LogP contribution in [0.4, 0.5) is 0 Å². The largest absolute Gasteiger partial charge is 0.378 e. The number of nitrogens with zero attached hydrogens (tertiary/aromatic N) is 1. The van der Waals surface area contributed by atoms with Crippen molar-refractivity contribution < 1.29 is 14.3 Å². The molecular formula is C12H24N2O3. The fourth-order valence-electron chi connectivity index (χ4n) is 1.62. The second kappa shape index (κ2) is 6.33. The van der Waals surface area contributed by atoms with Gasteiger partial charge in [-0.1, -0.05) is 0 Å². The van der Waals surface area contributed by atoms with E-state index in [9.17, 15) is 4.79 Å². The minimum Gasteiger partial charge on any atom is -0.378 e. The summed E-state index contributed by atoms with van der Waals surface area (Å²) in [5.74, 6) is 0.139. The number of rotatable bonds is 5. The zero-order chi connectivity index (χ0) is 12.9. The van der Waals surface area contributed by atoms with Crippen molar-refractivity contribution in [3.8, 4) is 0 Å². The smallest absolute Gasteiger partial charge is 0.239 e. The van der Waals surface area contributed by atoms with Crippen LogP contribution in [0.1, 0.15) is 20.8 Å². The third-order valence-corrected chi connectivity index (χ3v) is 3.08. The normalized spacial score (nSPS) is 19.2. The summed E-state index contributed by atoms with van der Waals surface area (Å²) in [6, 6.07) is -0.178. The highest BCUT2D eigenvalue weighted by Crippen LogP contribution is 2.06. The van der Waals surface area contributed by atoms with E-state index in [-0.39, 0.29) is 17.6 Å². The summed E-state index contributed by atoms with van der Waals surface area (Å²) in [5, 5.41) is 3.21. The first kappa shape index (κ1) is 14.4. The highest BCUT2D eigenvalue weighted by molar-refractivity contribution is 5.81. The highest BCUT2D eigenvalue weighted by Gasteiger charge is 2.24. The number of carbonyl (C=O) groups is 1. The van der Waals surface area contributed by atoms with E-state index in [0.717, 1.165) is 0 Å². The molecule has 1 saturated heterocycles. The van der Waals surface area contributed by atoms with Crippen LogP contribution in [0.3, 0.4) is 0 Å². The molecule has 5 nitrogen and oxygen atoms in total. The SMILES string of the molecule is COC(C)(C)CNC(C)C(=O)N1CCOCC1. The average molecular weight is 244 g/mol. The Hall–Kier alpha value is -0.650. The zero-order valence-corrected chi connectivity index (χ0v) is 11.3. The summed E-state index contributed by atoms with van der Waals surface area (Å²) in [5.41, 5.74) is -0.250. The van der Waals surface area contributed by atoms with E-state index in [1.807, 2.05) is 25.7 Å². The molecule has 1 rings (SSSR count). The lowest BCUT2D eigenvalue weighted by atomic mass is 10.1. The molecule has 1 aliphatic heterocycles. The van der Waals surface area contributed by atoms with Gasteiger partial charge in [0.15, 0.2) is 0 Å². The lowest BCUT2D eigenvalue weighted by Gasteiger charge is -2.31. The molecule has 0 spiro atoms. The Morgan fingerprint density at radius 2 is 2.06 bits per heavy atom. The van der Waals surface area contributed by atoms with Crippen LogP contribution in [0.2, 0.25) is 0 Å². The quantitative estimate of drug-likeness (QED) is 0.753. The van der Waals surface area contributed by atoms with Crippen LogP contribution in [0.5, 0.6) is 0 Å². The summed E-state index contributed by atoms with van der Waals surface area (Å²) in [6.45, 7) is 9.20. The molecule has 1 aliphatic rings. The van der Waals surface area contributed by atoms with Crippen LogP contribution < -0.4 is 5.32 Å². The maximum Gasteiger partial charge on any atom is 0.239 e. The first-order valence-electron chi connectivity index (χ1n) is 6.11. The maximum absolute atomic E-state index is 12.1. The van der Waals surface area contributed by atoms with Crippen molar-refractivity contribution in [2.75, 3.05) is 40.0 Å². The van der Waals surface area contributed by atoms with Crippen LogP contribution in [0.25, 0.3) is 0 Å². The molecule has 5 heteroatoms. The molecule has 100 valence electrons. The van der Waals surface area contributed by atoms with E-state index in [2.05, 4.69) is 5.32 Å². The molecule has 1 atom stereocenters. The van der Waals surface area contributed by atoms with Gasteiger partial charge >= 0.3 is 0 Å². The molecule has 17 heavy (non-hydrogen) atoms. The van der Waals surface area contributed by atoms with Gasteiger partial charge in [-0.05, 0) is 20.8 Å². The van der Waals surface area contributed by atoms with Gasteiger partial charge in [-0.15, -0.1) is 0 Å². The summed E-state index contributed by atoms with van der Waals surface area (Å²) < 4.78 is 10.5. The topological polar surface area (TPSA) is 50.8 Å². The Balaban J connectivity index is 2.36. The van der Waals surface area contributed by atoms with E-state index in [1.165, 1.54) is 0 Å². The second-order valence-corrected chi connectivity index (χ2v) is 5.00. The minimum atomic E-state index is -0.250. The summed E-state index contributed by atoms with van der Waals surface area (Å²) >= 11 is 0. The van der Waals surface area contributed by atoms with Crippen molar-refractivity contribution in [2.45, 2.75) is 32.4 Å². The number of hydrogen-bond acceptors (Lipinski definition) is 4. The van der Waals surface area contributed by atoms with E-state index < -0.39 is 0 Å². The second-order valence-electron chi connectivity index (χ2n) is 5.00. The Kier molecular flexibility index (Phi) is 5.36. The standard InChI is InChI=1S/C12H24N2O3/c1-10(13-9-12(2,3)16-4)11(15)14-5-7-17-8-6-14/h10,13H,5-9H2,1-4H3. The van der Waals surface area contributed by atoms with Gasteiger partial charge in [0, 0.05) is 26.7 Å². The first-order chi connectivity index (χ1) is 7.96. The monoisotopic (exact) mass is 244 g/mol. The Morgan fingerprint density at radius 1 is 1.47 bits per heavy atom. The number of morpholine rings is 1. The molecule has 0 aromatic carbocycles. The van der Waals surface area contributed by atoms with Gasteiger partial charge in [-0.2, -0.15) is 0 Å². The molecule has 1 unspecified atom stereocenters. The van der Waals surface area contributed by atoms with E-state index >= 15 is 0 Å². The van der Waals surface area contributed by atoms with Crippen LogP contribution in [-0.4, -0.2) is 62.4 Å². The molecule has 0 saturated carbocycles. The maximum atomic E-state index is 12.1. The lowest BCUT2D eigenvalue weighted by molar-refractivity contribution is -0.137. The molecule has 0 aromatic rings. The van der Waals surface area contributed by atoms with Gasteiger partial charge < -0.3 is 19.7 Å². The third kappa shape index (κ3) is 4.61. The fraction of sp³-hybridized carbons (Fsp3) is 0.917. The summed E-state index contributed by atoms with van der Waals surface area (Å²) in [4.78, 5) is 13.9. The van der Waals surface area contributed by atoms with Gasteiger partial charge in [0.2, 0.25) is 5.91 Å². The molecule has 0 bridgehead atoms. The average Bonchev–Trinajstić information content (AvgIpc) is 2.36. The minimum absolute atomic E-state index is 0.139. The zero-order valence-electron chi connectivity index (χ0n) is 11.3. The number of carbonyl (C=O) groups excluding carboxylic acids is 1. The predicted octanol–water partition coefficient (Wildman–Crippen LogP) is 0.248. The van der Waals surface area contributed by atoms with Gasteiger partial charge in [-0.25, -0.2) is 0 Å². The van der Waals surface area contributed by atoms with Crippen molar-refractivity contribution in [3.63, 3.8) is 0 Å². The van der Waals surface area contributed by atoms with Crippen molar-refractivity contribution in [1.29, 1.82) is 0 Å². The van der Waals surface area contributed by atoms with Crippen molar-refractivity contribution in [3.05, 3.63) is 0 Å². The molecule has 1 amide bonds. The van der Waals surface area contributed by atoms with Crippen molar-refractivity contribution >= 4 is 5.91 Å². The van der Waals surface area contributed by atoms with E-state index in [1.54, 1.807) is 7.11 Å². The number of amides is 1. The van der Waals surface area contributed by atoms with Crippen LogP contribution in [0, 0.1) is 0 Å². The number of methoxy groups -OCH3 is 1. The number of ether oxygens (including phenoxy) is 2. The fourth-order valence-corrected chi connectivity index (χ4v) is 1.62. The molecule has 0 radical (unpaired) electrons. The van der Waals surface area contributed by atoms with Crippen LogP contribution in [0.15, 0.2) is 0 Å². The highest BCUT2D eigenvalue weighted by atomic mass is 16.5. The van der Waals surface area contributed by atoms with Crippen molar-refractivity contribution in [2.24, 2.45) is 0 Å². The van der Waals surface area contributed by atoms with Gasteiger partial charge in [0.05, 0.1) is 24.9 Å². The molecule has 0 aliphatic carbocycles. The van der Waals surface area contributed by atoms with Crippen LogP contribution >= 0.6 is 0 Å². The molecule has 1 heterocycles. The molecular weight excluding hydrogens is 220 g/mol. The Bertz CT molecular complexity index is 250. The summed E-state index contributed by atoms with van der Waals surface area (Å²) in [7, 11) is 1.68. The Labute approximate surface area is 103 Å². The van der Waals surface area contributed by atoms with Crippen molar-refractivity contribution in [1.82, 2.24) is 10.2 Å². The molecule has 1 fully saturated rings. The van der Waals surface area contributed by atoms with Gasteiger partial charge in [-0.3, -0.25) is 4.79 Å². The molecule has 1 N–H and O–H groups in total. The van der Waals surface area contributed by atoms with E-state index in [4.69, 9.17) is 9.47 Å². The predicted molar refractivity (Wildman–Crippen MR) is 66.0 cm³/mol. The first-order valence-corrected chi connectivity index (χ1v) is 6.11. The summed E-state index contributed by atoms with van der Waals surface area (Å²) in [6.07, 6.45) is 0.